The van der Waals surface area contributed by atoms with Gasteiger partial charge in [-0.05, 0) is 34.5 Å². The lowest BCUT2D eigenvalue weighted by Crippen LogP contribution is -2.04. The smallest absolute Gasteiger partial charge is 0.291 e. The quantitative estimate of drug-likeness (QED) is 0.654. The Bertz CT molecular complexity index is 664. The van der Waals surface area contributed by atoms with Gasteiger partial charge in [0.05, 0.1) is 9.40 Å². The summed E-state index contributed by atoms with van der Waals surface area (Å²) in [5.41, 5.74) is 1.45. The van der Waals surface area contributed by atoms with Crippen LogP contribution in [-0.2, 0) is 6.54 Å². The third-order valence-corrected chi connectivity index (χ3v) is 4.18. The van der Waals surface area contributed by atoms with Crippen LogP contribution in [0, 0.1) is 17.0 Å². The Morgan fingerprint density at radius 3 is 2.80 bits per heavy atom. The molecule has 0 aliphatic heterocycles. The number of nitro groups is 1. The molecular weight excluding hydrogens is 346 g/mol. The van der Waals surface area contributed by atoms with Crippen LogP contribution in [0.4, 0.5) is 11.5 Å². The molecule has 2 rings (SSSR count). The number of hydrogen-bond acceptors (Lipinski definition) is 4. The standard InChI is InChI=1S/C13H11BrClN3O2/c1-8-11(18(19)20)7-17-13(12(8)14)16-6-9-4-2-3-5-10(9)15/h2-5,7H,6H2,1H3,(H,16,17). The topological polar surface area (TPSA) is 68.1 Å². The average Bonchev–Trinajstić information content (AvgIpc) is 2.41. The van der Waals surface area contributed by atoms with E-state index >= 15 is 0 Å². The normalized spacial score (nSPS) is 10.3. The predicted octanol–water partition coefficient (Wildman–Crippen LogP) is 4.33. The number of anilines is 1. The highest BCUT2D eigenvalue weighted by molar-refractivity contribution is 9.10. The largest absolute Gasteiger partial charge is 0.365 e. The van der Waals surface area contributed by atoms with Gasteiger partial charge in [0.15, 0.2) is 0 Å². The van der Waals surface area contributed by atoms with Gasteiger partial charge >= 0.3 is 0 Å². The summed E-state index contributed by atoms with van der Waals surface area (Å²) in [4.78, 5) is 14.4. The molecule has 20 heavy (non-hydrogen) atoms. The Hall–Kier alpha value is -1.66. The van der Waals surface area contributed by atoms with E-state index in [1.165, 1.54) is 6.20 Å². The molecule has 1 N–H and O–H groups in total. The highest BCUT2D eigenvalue weighted by Gasteiger charge is 2.17. The molecule has 0 fully saturated rings. The number of nitrogens with zero attached hydrogens (tertiary/aromatic N) is 2. The summed E-state index contributed by atoms with van der Waals surface area (Å²) < 4.78 is 0.582. The minimum Gasteiger partial charge on any atom is -0.365 e. The first-order chi connectivity index (χ1) is 9.50. The molecule has 0 aliphatic carbocycles. The van der Waals surface area contributed by atoms with E-state index < -0.39 is 4.92 Å². The number of pyridine rings is 1. The Morgan fingerprint density at radius 1 is 1.45 bits per heavy atom. The summed E-state index contributed by atoms with van der Waals surface area (Å²) in [5, 5.41) is 14.6. The molecule has 0 unspecified atom stereocenters. The summed E-state index contributed by atoms with van der Waals surface area (Å²) in [6, 6.07) is 7.46. The minimum absolute atomic E-state index is 0.0137. The Morgan fingerprint density at radius 2 is 2.15 bits per heavy atom. The van der Waals surface area contributed by atoms with E-state index in [1.54, 1.807) is 6.92 Å². The zero-order valence-corrected chi connectivity index (χ0v) is 12.9. The molecule has 0 saturated carbocycles. The molecule has 0 saturated heterocycles. The SMILES string of the molecule is Cc1c([N+](=O)[O-])cnc(NCc2ccccc2Cl)c1Br. The molecule has 1 aromatic carbocycles. The fourth-order valence-corrected chi connectivity index (χ4v) is 2.35. The van der Waals surface area contributed by atoms with Crippen molar-refractivity contribution in [3.8, 4) is 0 Å². The summed E-state index contributed by atoms with van der Waals surface area (Å²) in [6.45, 7) is 2.16. The molecule has 0 bridgehead atoms. The maximum Gasteiger partial charge on any atom is 0.291 e. The van der Waals surface area contributed by atoms with E-state index in [0.717, 1.165) is 5.56 Å². The lowest BCUT2D eigenvalue weighted by molar-refractivity contribution is -0.385. The molecular formula is C13H11BrClN3O2. The van der Waals surface area contributed by atoms with E-state index in [1.807, 2.05) is 24.3 Å². The Labute approximate surface area is 129 Å². The maximum atomic E-state index is 10.8. The van der Waals surface area contributed by atoms with Crippen molar-refractivity contribution < 1.29 is 4.92 Å². The molecule has 0 radical (unpaired) electrons. The van der Waals surface area contributed by atoms with E-state index in [4.69, 9.17) is 11.6 Å². The van der Waals surface area contributed by atoms with Gasteiger partial charge in [-0.1, -0.05) is 29.8 Å². The summed E-state index contributed by atoms with van der Waals surface area (Å²) >= 11 is 9.40. The van der Waals surface area contributed by atoms with Crippen LogP contribution in [0.25, 0.3) is 0 Å². The molecule has 7 heteroatoms. The zero-order chi connectivity index (χ0) is 14.7. The van der Waals surface area contributed by atoms with Crippen LogP contribution >= 0.6 is 27.5 Å². The number of aromatic nitrogens is 1. The van der Waals surface area contributed by atoms with Crippen molar-refractivity contribution in [1.82, 2.24) is 4.98 Å². The van der Waals surface area contributed by atoms with Crippen LogP contribution in [0.15, 0.2) is 34.9 Å². The van der Waals surface area contributed by atoms with Crippen LogP contribution < -0.4 is 5.32 Å². The molecule has 1 heterocycles. The highest BCUT2D eigenvalue weighted by atomic mass is 79.9. The fraction of sp³-hybridized carbons (Fsp3) is 0.154. The van der Waals surface area contributed by atoms with Gasteiger partial charge in [-0.15, -0.1) is 0 Å². The lowest BCUT2D eigenvalue weighted by Gasteiger charge is -2.10. The van der Waals surface area contributed by atoms with Gasteiger partial charge in [-0.3, -0.25) is 10.1 Å². The van der Waals surface area contributed by atoms with E-state index in [9.17, 15) is 10.1 Å². The van der Waals surface area contributed by atoms with Gasteiger partial charge in [0, 0.05) is 17.1 Å². The first kappa shape index (κ1) is 14.7. The number of rotatable bonds is 4. The van der Waals surface area contributed by atoms with Crippen molar-refractivity contribution in [1.29, 1.82) is 0 Å². The van der Waals surface area contributed by atoms with E-state index in [-0.39, 0.29) is 5.69 Å². The molecule has 5 nitrogen and oxygen atoms in total. The Kier molecular flexibility index (Phi) is 4.57. The van der Waals surface area contributed by atoms with Crippen molar-refractivity contribution >= 4 is 39.0 Å². The third-order valence-electron chi connectivity index (χ3n) is 2.84. The van der Waals surface area contributed by atoms with Gasteiger partial charge in [0.1, 0.15) is 12.0 Å². The van der Waals surface area contributed by atoms with Crippen molar-refractivity contribution in [3.05, 3.63) is 61.2 Å². The second-order valence-corrected chi connectivity index (χ2v) is 5.33. The van der Waals surface area contributed by atoms with Crippen LogP contribution in [0.5, 0.6) is 0 Å². The molecule has 104 valence electrons. The number of benzene rings is 1. The number of halogens is 2. The molecule has 1 aromatic heterocycles. The molecule has 0 aliphatic rings. The second-order valence-electron chi connectivity index (χ2n) is 4.13. The summed E-state index contributed by atoms with van der Waals surface area (Å²) in [5.74, 6) is 0.549. The maximum absolute atomic E-state index is 10.8. The molecule has 2 aromatic rings. The van der Waals surface area contributed by atoms with Crippen LogP contribution in [-0.4, -0.2) is 9.91 Å². The molecule has 0 spiro atoms. The van der Waals surface area contributed by atoms with Crippen LogP contribution in [0.1, 0.15) is 11.1 Å². The fourth-order valence-electron chi connectivity index (χ4n) is 1.70. The third kappa shape index (κ3) is 3.08. The lowest BCUT2D eigenvalue weighted by atomic mass is 10.2. The van der Waals surface area contributed by atoms with Crippen molar-refractivity contribution in [2.75, 3.05) is 5.32 Å². The second kappa shape index (κ2) is 6.19. The average molecular weight is 357 g/mol. The van der Waals surface area contributed by atoms with E-state index in [0.29, 0.717) is 27.4 Å². The first-order valence-electron chi connectivity index (χ1n) is 5.77. The van der Waals surface area contributed by atoms with Crippen molar-refractivity contribution in [2.45, 2.75) is 13.5 Å². The summed E-state index contributed by atoms with van der Waals surface area (Å²) in [7, 11) is 0. The van der Waals surface area contributed by atoms with Crippen LogP contribution in [0.2, 0.25) is 5.02 Å². The van der Waals surface area contributed by atoms with Gasteiger partial charge in [-0.25, -0.2) is 4.98 Å². The Balaban J connectivity index is 2.21. The molecule has 0 amide bonds. The minimum atomic E-state index is -0.453. The number of hydrogen-bond donors (Lipinski definition) is 1. The summed E-state index contributed by atoms with van der Waals surface area (Å²) in [6.07, 6.45) is 1.25. The van der Waals surface area contributed by atoms with Crippen LogP contribution in [0.3, 0.4) is 0 Å². The van der Waals surface area contributed by atoms with Gasteiger partial charge in [-0.2, -0.15) is 0 Å². The highest BCUT2D eigenvalue weighted by Crippen LogP contribution is 2.31. The van der Waals surface area contributed by atoms with Crippen molar-refractivity contribution in [2.24, 2.45) is 0 Å². The van der Waals surface area contributed by atoms with Gasteiger partial charge in [0.2, 0.25) is 0 Å². The predicted molar refractivity (Wildman–Crippen MR) is 82.1 cm³/mol. The number of nitrogens with one attached hydrogen (secondary N) is 1. The molecule has 0 atom stereocenters. The first-order valence-corrected chi connectivity index (χ1v) is 6.94. The monoisotopic (exact) mass is 355 g/mol. The van der Waals surface area contributed by atoms with Gasteiger partial charge < -0.3 is 5.32 Å². The van der Waals surface area contributed by atoms with E-state index in [2.05, 4.69) is 26.2 Å². The van der Waals surface area contributed by atoms with Gasteiger partial charge in [0.25, 0.3) is 5.69 Å². The zero-order valence-electron chi connectivity index (χ0n) is 10.6. The van der Waals surface area contributed by atoms with Crippen molar-refractivity contribution in [3.63, 3.8) is 0 Å².